The van der Waals surface area contributed by atoms with E-state index in [1.54, 1.807) is 60.7 Å². The molecule has 1 N–H and O–H groups in total. The summed E-state index contributed by atoms with van der Waals surface area (Å²) < 4.78 is 129. The van der Waals surface area contributed by atoms with Crippen LogP contribution < -0.4 is 13.9 Å². The quantitative estimate of drug-likeness (QED) is 0.132. The van der Waals surface area contributed by atoms with Crippen LogP contribution in [-0.4, -0.2) is 73.9 Å². The maximum absolute atomic E-state index is 12.5. The van der Waals surface area contributed by atoms with Gasteiger partial charge in [0.2, 0.25) is 25.9 Å². The number of nitrogens with one attached hydrogen (secondary N) is 1. The van der Waals surface area contributed by atoms with Crippen LogP contribution in [0.2, 0.25) is 0 Å². The van der Waals surface area contributed by atoms with E-state index >= 15 is 0 Å². The Morgan fingerprint density at radius 1 is 0.691 bits per heavy atom. The molecule has 0 fully saturated rings. The number of benzene rings is 2. The normalized spacial score (nSPS) is 11.9. The molecule has 0 aliphatic carbocycles. The zero-order valence-electron chi connectivity index (χ0n) is 28.5. The van der Waals surface area contributed by atoms with Gasteiger partial charge in [0.25, 0.3) is 0 Å². The number of amides is 1. The van der Waals surface area contributed by atoms with E-state index in [2.05, 4.69) is 24.6 Å². The Balaban J connectivity index is 0.000000245. The van der Waals surface area contributed by atoms with Gasteiger partial charge in [-0.1, -0.05) is 36.4 Å². The molecule has 14 nitrogen and oxygen atoms in total. The molecule has 0 aliphatic heterocycles. The number of aromatic nitrogens is 4. The van der Waals surface area contributed by atoms with Crippen molar-refractivity contribution in [2.45, 2.75) is 25.4 Å². The summed E-state index contributed by atoms with van der Waals surface area (Å²) >= 11 is 0. The van der Waals surface area contributed by atoms with Crippen LogP contribution in [0.4, 0.5) is 37.7 Å². The van der Waals surface area contributed by atoms with Crippen molar-refractivity contribution < 1.29 is 57.2 Å². The number of para-hydroxylation sites is 2. The van der Waals surface area contributed by atoms with Gasteiger partial charge in [-0.2, -0.15) is 26.3 Å². The molecule has 0 atom stereocenters. The van der Waals surface area contributed by atoms with Gasteiger partial charge < -0.3 is 9.73 Å². The van der Waals surface area contributed by atoms with Crippen LogP contribution in [0.1, 0.15) is 27.6 Å². The van der Waals surface area contributed by atoms with Gasteiger partial charge in [0.1, 0.15) is 0 Å². The summed E-state index contributed by atoms with van der Waals surface area (Å²) in [4.78, 5) is 30.7. The number of ketones is 1. The summed E-state index contributed by atoms with van der Waals surface area (Å²) in [5.74, 6) is -4.75. The second kappa shape index (κ2) is 17.1. The van der Waals surface area contributed by atoms with Crippen molar-refractivity contribution in [1.29, 1.82) is 0 Å². The third-order valence-corrected chi connectivity index (χ3v) is 9.33. The number of nitrogens with zero attached hydrogens (tertiary/aromatic N) is 6. The van der Waals surface area contributed by atoms with Crippen LogP contribution in [0.3, 0.4) is 0 Å². The molecule has 0 saturated heterocycles. The highest BCUT2D eigenvalue weighted by atomic mass is 32.2. The third-order valence-electron chi connectivity index (χ3n) is 7.05. The predicted octanol–water partition coefficient (Wildman–Crippen LogP) is 5.03. The van der Waals surface area contributed by atoms with Gasteiger partial charge in [-0.15, -0.1) is 10.2 Å². The van der Waals surface area contributed by atoms with Crippen molar-refractivity contribution in [3.8, 4) is 11.5 Å². The van der Waals surface area contributed by atoms with Crippen molar-refractivity contribution in [2.75, 3.05) is 27.7 Å². The second-order valence-corrected chi connectivity index (χ2v) is 15.1. The molecule has 0 spiro atoms. The molecule has 55 heavy (non-hydrogen) atoms. The summed E-state index contributed by atoms with van der Waals surface area (Å²) in [5.41, 5.74) is 1.79. The van der Waals surface area contributed by atoms with Gasteiger partial charge in [-0.05, 0) is 48.5 Å². The lowest BCUT2D eigenvalue weighted by molar-refractivity contribution is -0.173. The van der Waals surface area contributed by atoms with Gasteiger partial charge in [-0.25, -0.2) is 16.8 Å². The fourth-order valence-electron chi connectivity index (χ4n) is 4.43. The molecule has 0 radical (unpaired) electrons. The second-order valence-electron chi connectivity index (χ2n) is 11.3. The zero-order chi connectivity index (χ0) is 40.6. The summed E-state index contributed by atoms with van der Waals surface area (Å²) in [6.45, 7) is -0.970. The topological polar surface area (TPSA) is 186 Å². The Kier molecular flexibility index (Phi) is 13.0. The SMILES string of the molecule is CS(=O)(=O)N(Cc1ccc(-c2nnc(C(F)(F)F)o2)cn1)c1ccccc1.CS(=O)(=O)N(Cc1ccc(C(=O)CNC(=O)C(F)(F)F)cn1)c1ccccc1. The van der Waals surface area contributed by atoms with Crippen molar-refractivity contribution >= 4 is 43.1 Å². The molecule has 5 rings (SSSR count). The summed E-state index contributed by atoms with van der Waals surface area (Å²) in [6.07, 6.45) is -5.33. The minimum atomic E-state index is -5.07. The number of pyridine rings is 2. The maximum Gasteiger partial charge on any atom is 0.471 e. The highest BCUT2D eigenvalue weighted by Gasteiger charge is 2.39. The fraction of sp³-hybridized carbons (Fsp3) is 0.212. The van der Waals surface area contributed by atoms with Gasteiger partial charge in [0.15, 0.2) is 5.78 Å². The molecule has 5 aromatic rings. The van der Waals surface area contributed by atoms with Crippen LogP contribution in [0, 0.1) is 0 Å². The number of anilines is 2. The Morgan fingerprint density at radius 2 is 1.18 bits per heavy atom. The number of rotatable bonds is 12. The van der Waals surface area contributed by atoms with Gasteiger partial charge in [-0.3, -0.25) is 28.2 Å². The summed E-state index contributed by atoms with van der Waals surface area (Å²) in [5, 5.41) is 7.78. The van der Waals surface area contributed by atoms with Crippen molar-refractivity contribution in [3.05, 3.63) is 120 Å². The fourth-order valence-corrected chi connectivity index (χ4v) is 6.17. The zero-order valence-corrected chi connectivity index (χ0v) is 30.1. The molecule has 0 aliphatic rings. The van der Waals surface area contributed by atoms with Crippen molar-refractivity contribution in [3.63, 3.8) is 0 Å². The van der Waals surface area contributed by atoms with Crippen molar-refractivity contribution in [2.24, 2.45) is 0 Å². The van der Waals surface area contributed by atoms with E-state index in [0.29, 0.717) is 22.8 Å². The Hall–Kier alpha value is -5.90. The molecule has 0 bridgehead atoms. The predicted molar refractivity (Wildman–Crippen MR) is 185 cm³/mol. The number of alkyl halides is 6. The average molecular weight is 814 g/mol. The number of carbonyl (C=O) groups is 2. The summed E-state index contributed by atoms with van der Waals surface area (Å²) in [6, 6.07) is 22.4. The number of carbonyl (C=O) groups excluding carboxylic acids is 2. The lowest BCUT2D eigenvalue weighted by Gasteiger charge is -2.22. The van der Waals surface area contributed by atoms with E-state index in [1.807, 2.05) is 0 Å². The molecule has 3 aromatic heterocycles. The molecule has 2 aromatic carbocycles. The molecule has 1 amide bonds. The average Bonchev–Trinajstić information content (AvgIpc) is 3.64. The molecule has 0 saturated carbocycles. The Labute approximate surface area is 309 Å². The molecule has 22 heteroatoms. The third kappa shape index (κ3) is 12.1. The highest BCUT2D eigenvalue weighted by Crippen LogP contribution is 2.30. The first-order chi connectivity index (χ1) is 25.6. The standard InChI is InChI=1S/C17H16F3N3O4S.C16H13F3N4O3S/c1-28(26,27)23(14-5-3-2-4-6-14)11-13-8-7-12(9-21-13)15(24)10-22-16(25)17(18,19)20;1-27(24,25)23(13-5-3-2-4-6-13)10-12-8-7-11(9-20-12)14-21-22-15(26-14)16(17,18)19/h2-9H,10-11H2,1H3,(H,22,25);2-9H,10H2,1H3. The first-order valence-corrected chi connectivity index (χ1v) is 19.1. The minimum absolute atomic E-state index is 0.0168. The van der Waals surface area contributed by atoms with Crippen LogP contribution in [-0.2, 0) is 44.1 Å². The Morgan fingerprint density at radius 3 is 1.56 bits per heavy atom. The summed E-state index contributed by atoms with van der Waals surface area (Å²) in [7, 11) is -7.17. The van der Waals surface area contributed by atoms with Crippen LogP contribution in [0.5, 0.6) is 0 Å². The van der Waals surface area contributed by atoms with E-state index in [-0.39, 0.29) is 30.1 Å². The largest absolute Gasteiger partial charge is 0.471 e. The number of Topliss-reactive ketones (excluding diaryl/α,β-unsaturated/α-hetero) is 1. The number of sulfonamides is 2. The van der Waals surface area contributed by atoms with Crippen LogP contribution in [0.25, 0.3) is 11.5 Å². The molecule has 3 heterocycles. The van der Waals surface area contributed by atoms with Gasteiger partial charge >= 0.3 is 24.2 Å². The smallest absolute Gasteiger partial charge is 0.413 e. The first-order valence-electron chi connectivity index (χ1n) is 15.4. The molecular formula is C33H29F6N7O7S2. The maximum atomic E-state index is 12.5. The van der Waals surface area contributed by atoms with Crippen LogP contribution in [0.15, 0.2) is 102 Å². The van der Waals surface area contributed by atoms with Gasteiger partial charge in [0.05, 0.1) is 60.5 Å². The monoisotopic (exact) mass is 813 g/mol. The lowest BCUT2D eigenvalue weighted by atomic mass is 10.1. The molecule has 292 valence electrons. The molecular weight excluding hydrogens is 785 g/mol. The Bertz CT molecular complexity index is 2290. The lowest BCUT2D eigenvalue weighted by Crippen LogP contribution is -2.39. The van der Waals surface area contributed by atoms with E-state index < -0.39 is 56.5 Å². The van der Waals surface area contributed by atoms with Crippen molar-refractivity contribution in [1.82, 2.24) is 25.5 Å². The van der Waals surface area contributed by atoms with Gasteiger partial charge in [0, 0.05) is 18.0 Å². The number of hydrogen-bond acceptors (Lipinski definition) is 11. The van der Waals surface area contributed by atoms with E-state index in [0.717, 1.165) is 23.0 Å². The number of halogens is 6. The number of hydrogen-bond donors (Lipinski definition) is 1. The van der Waals surface area contributed by atoms with E-state index in [1.165, 1.54) is 40.1 Å². The highest BCUT2D eigenvalue weighted by molar-refractivity contribution is 7.92. The van der Waals surface area contributed by atoms with Crippen LogP contribution >= 0.6 is 0 Å². The minimum Gasteiger partial charge on any atom is -0.413 e. The van der Waals surface area contributed by atoms with E-state index in [4.69, 9.17) is 0 Å². The first kappa shape index (κ1) is 41.9. The molecule has 0 unspecified atom stereocenters. The van der Waals surface area contributed by atoms with E-state index in [9.17, 15) is 52.8 Å².